The summed E-state index contributed by atoms with van der Waals surface area (Å²) in [4.78, 5) is 11.6. The smallest absolute Gasteiger partial charge is 0.252 e. The molecule has 2 N–H and O–H groups in total. The van der Waals surface area contributed by atoms with E-state index in [0.717, 1.165) is 24.5 Å². The van der Waals surface area contributed by atoms with Crippen LogP contribution in [0.1, 0.15) is 18.9 Å². The number of rotatable bonds is 5. The van der Waals surface area contributed by atoms with Gasteiger partial charge in [0.25, 0.3) is 5.91 Å². The van der Waals surface area contributed by atoms with Crippen LogP contribution in [0.2, 0.25) is 0 Å². The molecule has 0 aliphatic carbocycles. The summed E-state index contributed by atoms with van der Waals surface area (Å²) in [7, 11) is 0. The van der Waals surface area contributed by atoms with E-state index in [4.69, 9.17) is 4.74 Å². The van der Waals surface area contributed by atoms with Crippen LogP contribution in [-0.4, -0.2) is 41.4 Å². The first-order valence-electron chi connectivity index (χ1n) is 5.58. The van der Waals surface area contributed by atoms with E-state index in [0.29, 0.717) is 5.13 Å². The summed E-state index contributed by atoms with van der Waals surface area (Å²) in [5.74, 6) is -0.183. The minimum Gasteiger partial charge on any atom is -0.363 e. The predicted octanol–water partition coefficient (Wildman–Crippen LogP) is 0.417. The number of hydrogen-bond acceptors (Lipinski definition) is 6. The molecule has 94 valence electrons. The molecular formula is C10H16N4O2S. The molecule has 2 heterocycles. The summed E-state index contributed by atoms with van der Waals surface area (Å²) in [6.45, 7) is 5.62. The van der Waals surface area contributed by atoms with E-state index in [-0.39, 0.29) is 18.1 Å². The quantitative estimate of drug-likeness (QED) is 0.798. The van der Waals surface area contributed by atoms with Gasteiger partial charge in [-0.1, -0.05) is 18.3 Å². The first-order valence-corrected chi connectivity index (χ1v) is 6.40. The normalized spacial score (nSPS) is 17.5. The number of hydrogen-bond donors (Lipinski definition) is 2. The Balaban J connectivity index is 1.76. The summed E-state index contributed by atoms with van der Waals surface area (Å²) in [5.41, 5.74) is -0.201. The molecule has 0 aromatic carbocycles. The van der Waals surface area contributed by atoms with Crippen molar-refractivity contribution in [3.05, 3.63) is 5.01 Å². The lowest BCUT2D eigenvalue weighted by molar-refractivity contribution is -0.130. The SMILES string of the molecule is CCc1nnc(NC(=O)COC2(C)CNC2)s1. The molecule has 1 aromatic rings. The van der Waals surface area contributed by atoms with Crippen molar-refractivity contribution in [2.75, 3.05) is 25.0 Å². The Morgan fingerprint density at radius 1 is 1.59 bits per heavy atom. The highest BCUT2D eigenvalue weighted by atomic mass is 32.1. The third-order valence-electron chi connectivity index (χ3n) is 2.57. The van der Waals surface area contributed by atoms with Crippen molar-refractivity contribution in [1.29, 1.82) is 0 Å². The zero-order valence-electron chi connectivity index (χ0n) is 9.95. The second kappa shape index (κ2) is 5.07. The molecule has 0 atom stereocenters. The van der Waals surface area contributed by atoms with Gasteiger partial charge in [-0.15, -0.1) is 10.2 Å². The summed E-state index contributed by atoms with van der Waals surface area (Å²) >= 11 is 1.39. The maximum Gasteiger partial charge on any atom is 0.252 e. The summed E-state index contributed by atoms with van der Waals surface area (Å²) in [5, 5.41) is 15.0. The fraction of sp³-hybridized carbons (Fsp3) is 0.700. The Morgan fingerprint density at radius 3 is 2.88 bits per heavy atom. The van der Waals surface area contributed by atoms with Gasteiger partial charge in [-0.3, -0.25) is 10.1 Å². The highest BCUT2D eigenvalue weighted by Gasteiger charge is 2.33. The Morgan fingerprint density at radius 2 is 2.35 bits per heavy atom. The van der Waals surface area contributed by atoms with Gasteiger partial charge in [0.05, 0.1) is 5.60 Å². The second-order valence-corrected chi connectivity index (χ2v) is 5.31. The summed E-state index contributed by atoms with van der Waals surface area (Å²) in [6.07, 6.45) is 0.827. The second-order valence-electron chi connectivity index (χ2n) is 4.24. The maximum atomic E-state index is 11.6. The third kappa shape index (κ3) is 3.21. The van der Waals surface area contributed by atoms with Gasteiger partial charge in [-0.25, -0.2) is 0 Å². The minimum absolute atomic E-state index is 0.0548. The number of ether oxygens (including phenoxy) is 1. The fourth-order valence-electron chi connectivity index (χ4n) is 1.42. The average molecular weight is 256 g/mol. The highest BCUT2D eigenvalue weighted by Crippen LogP contribution is 2.17. The Kier molecular flexibility index (Phi) is 3.70. The number of amides is 1. The molecule has 6 nitrogen and oxygen atoms in total. The first-order chi connectivity index (χ1) is 8.11. The van der Waals surface area contributed by atoms with Crippen molar-refractivity contribution >= 4 is 22.4 Å². The molecule has 7 heteroatoms. The number of anilines is 1. The van der Waals surface area contributed by atoms with Gasteiger partial charge in [0.2, 0.25) is 5.13 Å². The van der Waals surface area contributed by atoms with Gasteiger partial charge in [0.15, 0.2) is 0 Å². The van der Waals surface area contributed by atoms with Crippen molar-refractivity contribution in [1.82, 2.24) is 15.5 Å². The maximum absolute atomic E-state index is 11.6. The van der Waals surface area contributed by atoms with Crippen LogP contribution < -0.4 is 10.6 Å². The zero-order chi connectivity index (χ0) is 12.3. The number of aromatic nitrogens is 2. The predicted molar refractivity (Wildman–Crippen MR) is 65.1 cm³/mol. The molecule has 0 bridgehead atoms. The van der Waals surface area contributed by atoms with E-state index in [2.05, 4.69) is 20.8 Å². The molecule has 0 radical (unpaired) electrons. The lowest BCUT2D eigenvalue weighted by atomic mass is 10.0. The molecule has 1 amide bonds. The van der Waals surface area contributed by atoms with Crippen LogP contribution >= 0.6 is 11.3 Å². The molecule has 1 saturated heterocycles. The topological polar surface area (TPSA) is 76.1 Å². The monoisotopic (exact) mass is 256 g/mol. The van der Waals surface area contributed by atoms with E-state index in [1.165, 1.54) is 11.3 Å². The van der Waals surface area contributed by atoms with Gasteiger partial charge in [0, 0.05) is 13.1 Å². The third-order valence-corrected chi connectivity index (χ3v) is 3.55. The van der Waals surface area contributed by atoms with Crippen LogP contribution in [-0.2, 0) is 16.0 Å². The van der Waals surface area contributed by atoms with E-state index in [1.54, 1.807) is 0 Å². The van der Waals surface area contributed by atoms with Crippen molar-refractivity contribution in [2.45, 2.75) is 25.9 Å². The van der Waals surface area contributed by atoms with E-state index < -0.39 is 0 Å². The van der Waals surface area contributed by atoms with Crippen LogP contribution in [0.4, 0.5) is 5.13 Å². The van der Waals surface area contributed by atoms with Crippen molar-refractivity contribution in [2.24, 2.45) is 0 Å². The Hall–Kier alpha value is -1.05. The molecule has 0 spiro atoms. The summed E-state index contributed by atoms with van der Waals surface area (Å²) < 4.78 is 5.51. The fourth-order valence-corrected chi connectivity index (χ4v) is 2.12. The lowest BCUT2D eigenvalue weighted by Crippen LogP contribution is -2.59. The molecular weight excluding hydrogens is 240 g/mol. The number of nitrogens with one attached hydrogen (secondary N) is 2. The van der Waals surface area contributed by atoms with Gasteiger partial charge >= 0.3 is 0 Å². The first kappa shape index (κ1) is 12.4. The van der Waals surface area contributed by atoms with Crippen LogP contribution in [0.3, 0.4) is 0 Å². The largest absolute Gasteiger partial charge is 0.363 e. The summed E-state index contributed by atoms with van der Waals surface area (Å²) in [6, 6.07) is 0. The molecule has 0 unspecified atom stereocenters. The number of carbonyl (C=O) groups excluding carboxylic acids is 1. The molecule has 1 fully saturated rings. The number of nitrogens with zero attached hydrogens (tertiary/aromatic N) is 2. The van der Waals surface area contributed by atoms with E-state index in [9.17, 15) is 4.79 Å². The lowest BCUT2D eigenvalue weighted by Gasteiger charge is -2.38. The van der Waals surface area contributed by atoms with Gasteiger partial charge in [-0.05, 0) is 13.3 Å². The van der Waals surface area contributed by atoms with Gasteiger partial charge in [-0.2, -0.15) is 0 Å². The van der Waals surface area contributed by atoms with Crippen molar-refractivity contribution in [3.8, 4) is 0 Å². The number of aryl methyl sites for hydroxylation is 1. The highest BCUT2D eigenvalue weighted by molar-refractivity contribution is 7.15. The van der Waals surface area contributed by atoms with Crippen LogP contribution in [0.15, 0.2) is 0 Å². The average Bonchev–Trinajstić information content (AvgIpc) is 2.71. The van der Waals surface area contributed by atoms with Gasteiger partial charge < -0.3 is 10.1 Å². The molecule has 0 saturated carbocycles. The van der Waals surface area contributed by atoms with Crippen LogP contribution in [0, 0.1) is 0 Å². The number of carbonyl (C=O) groups is 1. The Labute approximate surface area is 104 Å². The van der Waals surface area contributed by atoms with E-state index >= 15 is 0 Å². The van der Waals surface area contributed by atoms with Crippen LogP contribution in [0.5, 0.6) is 0 Å². The standard InChI is InChI=1S/C10H16N4O2S/c1-3-8-13-14-9(17-8)12-7(15)4-16-10(2)5-11-6-10/h11H,3-6H2,1-2H3,(H,12,14,15). The molecule has 1 aliphatic rings. The van der Waals surface area contributed by atoms with Crippen LogP contribution in [0.25, 0.3) is 0 Å². The molecule has 17 heavy (non-hydrogen) atoms. The molecule has 2 rings (SSSR count). The molecule has 1 aliphatic heterocycles. The molecule has 1 aromatic heterocycles. The Bertz CT molecular complexity index is 403. The van der Waals surface area contributed by atoms with E-state index in [1.807, 2.05) is 13.8 Å². The van der Waals surface area contributed by atoms with Crippen molar-refractivity contribution < 1.29 is 9.53 Å². The zero-order valence-corrected chi connectivity index (χ0v) is 10.8. The van der Waals surface area contributed by atoms with Gasteiger partial charge in [0.1, 0.15) is 11.6 Å². The minimum atomic E-state index is -0.201. The van der Waals surface area contributed by atoms with Crippen molar-refractivity contribution in [3.63, 3.8) is 0 Å².